The molecular weight excluding hydrogens is 315 g/mol. The van der Waals surface area contributed by atoms with Gasteiger partial charge in [0.15, 0.2) is 5.82 Å². The molecule has 0 saturated heterocycles. The van der Waals surface area contributed by atoms with E-state index in [4.69, 9.17) is 11.6 Å². The van der Waals surface area contributed by atoms with Crippen LogP contribution in [0.1, 0.15) is 5.56 Å². The van der Waals surface area contributed by atoms with Crippen molar-refractivity contribution < 1.29 is 4.39 Å². The van der Waals surface area contributed by atoms with E-state index in [0.717, 1.165) is 10.9 Å². The zero-order valence-corrected chi connectivity index (χ0v) is 13.6. The topological polar surface area (TPSA) is 33.4 Å². The quantitative estimate of drug-likeness (QED) is 0.533. The number of fused-ring (bicyclic) bond motifs is 1. The summed E-state index contributed by atoms with van der Waals surface area (Å²) in [4.78, 5) is 6.19. The Balaban J connectivity index is 2.07. The van der Waals surface area contributed by atoms with E-state index in [1.807, 2.05) is 43.3 Å². The second-order valence-electron chi connectivity index (χ2n) is 5.48. The maximum atomic E-state index is 13.6. The van der Waals surface area contributed by atoms with Crippen LogP contribution in [0, 0.1) is 5.82 Å². The van der Waals surface area contributed by atoms with Gasteiger partial charge in [0.2, 0.25) is 0 Å². The van der Waals surface area contributed by atoms with Gasteiger partial charge in [-0.3, -0.25) is 4.68 Å². The lowest BCUT2D eigenvalue weighted by atomic mass is 10.2. The smallest absolute Gasteiger partial charge is 0.183 e. The van der Waals surface area contributed by atoms with Crippen LogP contribution in [0.4, 0.5) is 10.2 Å². The first-order valence-corrected chi connectivity index (χ1v) is 7.52. The summed E-state index contributed by atoms with van der Waals surface area (Å²) in [5, 5.41) is 5.98. The molecule has 0 unspecified atom stereocenters. The summed E-state index contributed by atoms with van der Waals surface area (Å²) in [6.45, 7) is 0.498. The predicted octanol–water partition coefficient (Wildman–Crippen LogP) is 4.10. The van der Waals surface area contributed by atoms with Gasteiger partial charge in [0.1, 0.15) is 5.82 Å². The summed E-state index contributed by atoms with van der Waals surface area (Å²) in [5.41, 5.74) is 1.70. The zero-order chi connectivity index (χ0) is 16.4. The van der Waals surface area contributed by atoms with E-state index in [0.29, 0.717) is 22.9 Å². The van der Waals surface area contributed by atoms with Crippen molar-refractivity contribution in [2.75, 3.05) is 14.1 Å². The predicted molar refractivity (Wildman–Crippen MR) is 92.1 cm³/mol. The molecule has 0 aliphatic carbocycles. The molecule has 6 heteroatoms. The van der Waals surface area contributed by atoms with Gasteiger partial charge in [-0.15, -0.1) is 0 Å². The summed E-state index contributed by atoms with van der Waals surface area (Å²) >= 11 is 6.03. The molecule has 0 N–H and O–H groups in total. The molecule has 23 heavy (non-hydrogen) atoms. The Morgan fingerprint density at radius 3 is 2.83 bits per heavy atom. The maximum absolute atomic E-state index is 13.6. The normalized spacial score (nSPS) is 11.5. The maximum Gasteiger partial charge on any atom is 0.183 e. The Kier molecular flexibility index (Phi) is 4.30. The van der Waals surface area contributed by atoms with Gasteiger partial charge in [-0.1, -0.05) is 23.7 Å². The van der Waals surface area contributed by atoms with Crippen LogP contribution in [0.2, 0.25) is 5.02 Å². The second kappa shape index (κ2) is 6.38. The molecule has 1 aromatic heterocycles. The van der Waals surface area contributed by atoms with Crippen molar-refractivity contribution in [3.05, 3.63) is 58.9 Å². The molecule has 0 spiro atoms. The zero-order valence-electron chi connectivity index (χ0n) is 12.9. The first-order valence-electron chi connectivity index (χ1n) is 7.14. The Hall–Kier alpha value is -2.40. The lowest BCUT2D eigenvalue weighted by molar-refractivity contribution is 0.626. The molecule has 0 aliphatic heterocycles. The number of aromatic nitrogens is 2. The summed E-state index contributed by atoms with van der Waals surface area (Å²) in [6.07, 6.45) is 1.68. The molecule has 0 amide bonds. The SMILES string of the molecule is CN(C)/C=N\c1nn(Cc2cccc(Cl)c2)c2cc(F)ccc12. The number of nitrogens with zero attached hydrogens (tertiary/aromatic N) is 4. The van der Waals surface area contributed by atoms with Crippen LogP contribution in [0.5, 0.6) is 0 Å². The monoisotopic (exact) mass is 330 g/mol. The Labute approximate surface area is 138 Å². The first kappa shape index (κ1) is 15.5. The average molecular weight is 331 g/mol. The van der Waals surface area contributed by atoms with Gasteiger partial charge in [-0.25, -0.2) is 9.38 Å². The van der Waals surface area contributed by atoms with E-state index in [1.54, 1.807) is 17.1 Å². The van der Waals surface area contributed by atoms with Crippen molar-refractivity contribution in [1.82, 2.24) is 14.7 Å². The van der Waals surface area contributed by atoms with Crippen molar-refractivity contribution in [2.24, 2.45) is 4.99 Å². The summed E-state index contributed by atoms with van der Waals surface area (Å²) in [5.74, 6) is 0.267. The highest BCUT2D eigenvalue weighted by atomic mass is 35.5. The third-order valence-electron chi connectivity index (χ3n) is 3.33. The van der Waals surface area contributed by atoms with Gasteiger partial charge in [-0.05, 0) is 35.9 Å². The van der Waals surface area contributed by atoms with E-state index in [2.05, 4.69) is 10.1 Å². The first-order chi connectivity index (χ1) is 11.0. The van der Waals surface area contributed by atoms with Crippen LogP contribution in [0.3, 0.4) is 0 Å². The molecule has 118 valence electrons. The fourth-order valence-electron chi connectivity index (χ4n) is 2.32. The number of halogens is 2. The van der Waals surface area contributed by atoms with Crippen molar-refractivity contribution in [1.29, 1.82) is 0 Å². The Morgan fingerprint density at radius 2 is 2.09 bits per heavy atom. The van der Waals surface area contributed by atoms with E-state index in [9.17, 15) is 4.39 Å². The molecule has 2 aromatic carbocycles. The van der Waals surface area contributed by atoms with Crippen molar-refractivity contribution in [2.45, 2.75) is 6.54 Å². The largest absolute Gasteiger partial charge is 0.369 e. The highest BCUT2D eigenvalue weighted by molar-refractivity contribution is 6.30. The van der Waals surface area contributed by atoms with E-state index in [-0.39, 0.29) is 5.82 Å². The van der Waals surface area contributed by atoms with Crippen molar-refractivity contribution in [3.8, 4) is 0 Å². The number of aliphatic imine (C=N–C) groups is 1. The van der Waals surface area contributed by atoms with E-state index >= 15 is 0 Å². The van der Waals surface area contributed by atoms with E-state index < -0.39 is 0 Å². The second-order valence-corrected chi connectivity index (χ2v) is 5.92. The minimum absolute atomic E-state index is 0.298. The lowest BCUT2D eigenvalue weighted by Gasteiger charge is -2.04. The molecule has 4 nitrogen and oxygen atoms in total. The molecule has 0 fully saturated rings. The number of hydrogen-bond donors (Lipinski definition) is 0. The minimum Gasteiger partial charge on any atom is -0.369 e. The Bertz CT molecular complexity index is 870. The van der Waals surface area contributed by atoms with E-state index in [1.165, 1.54) is 12.1 Å². The molecule has 3 rings (SSSR count). The standard InChI is InChI=1S/C17H16ClFN4/c1-22(2)11-20-17-15-7-6-14(19)9-16(15)23(21-17)10-12-4-3-5-13(18)8-12/h3-9,11H,10H2,1-2H3/b20-11-. The van der Waals surface area contributed by atoms with Gasteiger partial charge < -0.3 is 4.90 Å². The summed E-state index contributed by atoms with van der Waals surface area (Å²) in [6, 6.07) is 12.1. The van der Waals surface area contributed by atoms with Gasteiger partial charge in [0, 0.05) is 24.5 Å². The third kappa shape index (κ3) is 3.51. The lowest BCUT2D eigenvalue weighted by Crippen LogP contribution is -2.07. The average Bonchev–Trinajstić information content (AvgIpc) is 2.82. The summed E-state index contributed by atoms with van der Waals surface area (Å²) < 4.78 is 15.4. The number of hydrogen-bond acceptors (Lipinski definition) is 2. The number of rotatable bonds is 4. The van der Waals surface area contributed by atoms with Gasteiger partial charge in [-0.2, -0.15) is 5.10 Å². The molecule has 0 bridgehead atoms. The highest BCUT2D eigenvalue weighted by Gasteiger charge is 2.11. The molecule has 0 aliphatic rings. The molecule has 0 atom stereocenters. The van der Waals surface area contributed by atoms with Gasteiger partial charge in [0.05, 0.1) is 18.4 Å². The summed E-state index contributed by atoms with van der Waals surface area (Å²) in [7, 11) is 3.77. The molecule has 3 aromatic rings. The van der Waals surface area contributed by atoms with Crippen LogP contribution in [0.15, 0.2) is 47.5 Å². The molecule has 0 radical (unpaired) electrons. The van der Waals surface area contributed by atoms with Gasteiger partial charge >= 0.3 is 0 Å². The van der Waals surface area contributed by atoms with Crippen LogP contribution in [-0.4, -0.2) is 35.1 Å². The van der Waals surface area contributed by atoms with Crippen LogP contribution < -0.4 is 0 Å². The minimum atomic E-state index is -0.298. The molecule has 0 saturated carbocycles. The Morgan fingerprint density at radius 1 is 1.26 bits per heavy atom. The third-order valence-corrected chi connectivity index (χ3v) is 3.56. The number of benzene rings is 2. The van der Waals surface area contributed by atoms with Crippen LogP contribution in [-0.2, 0) is 6.54 Å². The highest BCUT2D eigenvalue weighted by Crippen LogP contribution is 2.27. The fraction of sp³-hybridized carbons (Fsp3) is 0.176. The molecule has 1 heterocycles. The van der Waals surface area contributed by atoms with Crippen molar-refractivity contribution >= 4 is 34.7 Å². The fourth-order valence-corrected chi connectivity index (χ4v) is 2.54. The van der Waals surface area contributed by atoms with Crippen molar-refractivity contribution in [3.63, 3.8) is 0 Å². The van der Waals surface area contributed by atoms with Crippen LogP contribution in [0.25, 0.3) is 10.9 Å². The molecular formula is C17H16ClFN4. The van der Waals surface area contributed by atoms with Crippen LogP contribution >= 0.6 is 11.6 Å². The van der Waals surface area contributed by atoms with Gasteiger partial charge in [0.25, 0.3) is 0 Å².